The molecule has 1 unspecified atom stereocenters. The van der Waals surface area contributed by atoms with Gasteiger partial charge in [-0.15, -0.1) is 0 Å². The highest BCUT2D eigenvalue weighted by Crippen LogP contribution is 2.21. The Morgan fingerprint density at radius 1 is 1.25 bits per heavy atom. The quantitative estimate of drug-likeness (QED) is 0.828. The zero-order valence-corrected chi connectivity index (χ0v) is 16.4. The summed E-state index contributed by atoms with van der Waals surface area (Å²) in [5.41, 5.74) is 6.37. The van der Waals surface area contributed by atoms with Gasteiger partial charge in [0.2, 0.25) is 11.8 Å². The van der Waals surface area contributed by atoms with Crippen LogP contribution in [0.15, 0.2) is 42.6 Å². The number of rotatable bonds is 2. The monoisotopic (exact) mass is 387 g/mol. The second-order valence-corrected chi connectivity index (χ2v) is 7.75. The van der Waals surface area contributed by atoms with E-state index in [0.29, 0.717) is 29.9 Å². The lowest BCUT2D eigenvalue weighted by atomic mass is 9.95. The second-order valence-electron chi connectivity index (χ2n) is 7.75. The van der Waals surface area contributed by atoms with Crippen LogP contribution in [0.3, 0.4) is 0 Å². The number of halogens is 1. The van der Waals surface area contributed by atoms with Crippen LogP contribution in [-0.4, -0.2) is 46.0 Å². The molecular formula is C21H26FN3O3. The molecule has 0 bridgehead atoms. The van der Waals surface area contributed by atoms with Gasteiger partial charge in [-0.3, -0.25) is 14.6 Å². The summed E-state index contributed by atoms with van der Waals surface area (Å²) in [5.74, 6) is -0.712. The number of hydrogen-bond donors (Lipinski definition) is 2. The minimum absolute atomic E-state index is 0.138. The largest absolute Gasteiger partial charge is 0.391 e. The molecule has 0 spiro atoms. The molecule has 2 aromatic rings. The standard InChI is InChI=1S/C12H9FN2O.C9H17NO2/c13-10-3-1-2-8(6-10)11-5-4-9(7-15-11)12(14)16;1-9(2,3)8(12)10-5-4-7(11)6-10/h1-7H,(H2,14,16);7,11H,4-6H2,1-3H3. The highest BCUT2D eigenvalue weighted by molar-refractivity contribution is 5.92. The van der Waals surface area contributed by atoms with E-state index in [9.17, 15) is 19.1 Å². The van der Waals surface area contributed by atoms with E-state index in [4.69, 9.17) is 5.73 Å². The highest BCUT2D eigenvalue weighted by Gasteiger charge is 2.31. The van der Waals surface area contributed by atoms with Crippen molar-refractivity contribution >= 4 is 11.8 Å². The van der Waals surface area contributed by atoms with E-state index < -0.39 is 5.91 Å². The first-order valence-electron chi connectivity index (χ1n) is 9.07. The fraction of sp³-hybridized carbons (Fsp3) is 0.381. The average molecular weight is 387 g/mol. The molecule has 7 heteroatoms. The summed E-state index contributed by atoms with van der Waals surface area (Å²) in [4.78, 5) is 28.2. The number of nitrogens with two attached hydrogens (primary N) is 1. The van der Waals surface area contributed by atoms with Gasteiger partial charge in [-0.05, 0) is 30.7 Å². The first kappa shape index (κ1) is 21.5. The van der Waals surface area contributed by atoms with E-state index in [0.717, 1.165) is 6.42 Å². The number of aliphatic hydroxyl groups excluding tert-OH is 1. The molecule has 3 N–H and O–H groups in total. The first-order chi connectivity index (χ1) is 13.1. The predicted octanol–water partition coefficient (Wildman–Crippen LogP) is 2.61. The maximum absolute atomic E-state index is 13.0. The summed E-state index contributed by atoms with van der Waals surface area (Å²) < 4.78 is 13.0. The van der Waals surface area contributed by atoms with Crippen molar-refractivity contribution in [3.63, 3.8) is 0 Å². The zero-order chi connectivity index (χ0) is 20.9. The highest BCUT2D eigenvalue weighted by atomic mass is 19.1. The number of aliphatic hydroxyl groups is 1. The molecule has 6 nitrogen and oxygen atoms in total. The number of primary amides is 1. The maximum Gasteiger partial charge on any atom is 0.250 e. The van der Waals surface area contributed by atoms with E-state index in [1.54, 1.807) is 29.2 Å². The van der Waals surface area contributed by atoms with E-state index in [1.165, 1.54) is 18.3 Å². The Hall–Kier alpha value is -2.80. The number of likely N-dealkylation sites (tertiary alicyclic amines) is 1. The molecule has 150 valence electrons. The van der Waals surface area contributed by atoms with E-state index >= 15 is 0 Å². The van der Waals surface area contributed by atoms with Crippen LogP contribution in [-0.2, 0) is 4.79 Å². The van der Waals surface area contributed by atoms with Crippen molar-refractivity contribution in [1.82, 2.24) is 9.88 Å². The Morgan fingerprint density at radius 2 is 1.96 bits per heavy atom. The molecule has 1 aromatic carbocycles. The molecule has 0 saturated carbocycles. The summed E-state index contributed by atoms with van der Waals surface area (Å²) in [7, 11) is 0. The van der Waals surface area contributed by atoms with Gasteiger partial charge in [0.05, 0.1) is 17.4 Å². The Morgan fingerprint density at radius 3 is 2.43 bits per heavy atom. The third kappa shape index (κ3) is 5.85. The van der Waals surface area contributed by atoms with Gasteiger partial charge < -0.3 is 15.7 Å². The van der Waals surface area contributed by atoms with Crippen LogP contribution in [0.4, 0.5) is 4.39 Å². The Balaban J connectivity index is 0.000000209. The van der Waals surface area contributed by atoms with Gasteiger partial charge in [0, 0.05) is 30.3 Å². The number of carbonyl (C=O) groups excluding carboxylic acids is 2. The first-order valence-corrected chi connectivity index (χ1v) is 9.07. The number of benzene rings is 1. The number of amides is 2. The van der Waals surface area contributed by atoms with Crippen LogP contribution in [0.25, 0.3) is 11.3 Å². The molecule has 0 radical (unpaired) electrons. The number of β-amino-alcohol motifs (C(OH)–C–C–N with tert-alkyl or cyclic N) is 1. The van der Waals surface area contributed by atoms with Gasteiger partial charge in [0.25, 0.3) is 0 Å². The van der Waals surface area contributed by atoms with Crippen LogP contribution in [0, 0.1) is 11.2 Å². The Kier molecular flexibility index (Phi) is 6.85. The van der Waals surface area contributed by atoms with E-state index in [2.05, 4.69) is 4.98 Å². The lowest BCUT2D eigenvalue weighted by Gasteiger charge is -2.25. The normalized spacial score (nSPS) is 16.3. The van der Waals surface area contributed by atoms with Gasteiger partial charge in [0.15, 0.2) is 0 Å². The molecule has 1 atom stereocenters. The third-order valence-electron chi connectivity index (χ3n) is 4.26. The molecule has 0 aliphatic carbocycles. The van der Waals surface area contributed by atoms with Crippen molar-refractivity contribution in [2.75, 3.05) is 13.1 Å². The minimum Gasteiger partial charge on any atom is -0.391 e. The molecule has 1 saturated heterocycles. The smallest absolute Gasteiger partial charge is 0.250 e. The topological polar surface area (TPSA) is 96.5 Å². The summed E-state index contributed by atoms with van der Waals surface area (Å²) in [6.07, 6.45) is 1.79. The summed E-state index contributed by atoms with van der Waals surface area (Å²) in [6, 6.07) is 9.29. The van der Waals surface area contributed by atoms with Gasteiger partial charge in [-0.2, -0.15) is 0 Å². The predicted molar refractivity (Wildman–Crippen MR) is 105 cm³/mol. The molecule has 3 rings (SSSR count). The summed E-state index contributed by atoms with van der Waals surface area (Å²) >= 11 is 0. The molecule has 1 aliphatic heterocycles. The molecule has 1 aliphatic rings. The number of carbonyl (C=O) groups is 2. The molecule has 2 heterocycles. The van der Waals surface area contributed by atoms with Crippen molar-refractivity contribution < 1.29 is 19.1 Å². The van der Waals surface area contributed by atoms with Crippen molar-refractivity contribution in [3.8, 4) is 11.3 Å². The molecule has 28 heavy (non-hydrogen) atoms. The lowest BCUT2D eigenvalue weighted by Crippen LogP contribution is -2.38. The summed E-state index contributed by atoms with van der Waals surface area (Å²) in [5, 5.41) is 9.22. The van der Waals surface area contributed by atoms with Crippen molar-refractivity contribution in [2.45, 2.75) is 33.3 Å². The SMILES string of the molecule is CC(C)(C)C(=O)N1CCC(O)C1.NC(=O)c1ccc(-c2cccc(F)c2)nc1. The zero-order valence-electron chi connectivity index (χ0n) is 16.4. The number of pyridine rings is 1. The molecule has 2 amide bonds. The third-order valence-corrected chi connectivity index (χ3v) is 4.26. The number of nitrogens with zero attached hydrogens (tertiary/aromatic N) is 2. The second kappa shape index (κ2) is 8.93. The van der Waals surface area contributed by atoms with Gasteiger partial charge in [0.1, 0.15) is 5.82 Å². The minimum atomic E-state index is -0.529. The van der Waals surface area contributed by atoms with Crippen LogP contribution in [0.2, 0.25) is 0 Å². The van der Waals surface area contributed by atoms with Crippen molar-refractivity contribution in [1.29, 1.82) is 0 Å². The number of aromatic nitrogens is 1. The number of hydrogen-bond acceptors (Lipinski definition) is 4. The Bertz CT molecular complexity index is 832. The maximum atomic E-state index is 13.0. The average Bonchev–Trinajstić information content (AvgIpc) is 3.07. The Labute approximate surface area is 164 Å². The lowest BCUT2D eigenvalue weighted by molar-refractivity contribution is -0.138. The fourth-order valence-electron chi connectivity index (χ4n) is 2.76. The van der Waals surface area contributed by atoms with Crippen molar-refractivity contribution in [3.05, 3.63) is 54.0 Å². The van der Waals surface area contributed by atoms with E-state index in [-0.39, 0.29) is 23.2 Å². The van der Waals surface area contributed by atoms with Crippen LogP contribution in [0.5, 0.6) is 0 Å². The van der Waals surface area contributed by atoms with Crippen LogP contribution in [0.1, 0.15) is 37.6 Å². The fourth-order valence-corrected chi connectivity index (χ4v) is 2.76. The van der Waals surface area contributed by atoms with Gasteiger partial charge >= 0.3 is 0 Å². The molecular weight excluding hydrogens is 361 g/mol. The van der Waals surface area contributed by atoms with Gasteiger partial charge in [-0.1, -0.05) is 32.9 Å². The van der Waals surface area contributed by atoms with Crippen molar-refractivity contribution in [2.24, 2.45) is 11.1 Å². The summed E-state index contributed by atoms with van der Waals surface area (Å²) in [6.45, 7) is 6.92. The van der Waals surface area contributed by atoms with E-state index in [1.807, 2.05) is 20.8 Å². The molecule has 1 aromatic heterocycles. The molecule has 1 fully saturated rings. The van der Waals surface area contributed by atoms with Gasteiger partial charge in [-0.25, -0.2) is 4.39 Å². The van der Waals surface area contributed by atoms with Crippen LogP contribution >= 0.6 is 0 Å². The van der Waals surface area contributed by atoms with Crippen LogP contribution < -0.4 is 5.73 Å².